The number of nitrogens with zero attached hydrogens (tertiary/aromatic N) is 2. The van der Waals surface area contributed by atoms with Crippen molar-refractivity contribution in [2.24, 2.45) is 17.8 Å². The second-order valence-corrected chi connectivity index (χ2v) is 8.80. The van der Waals surface area contributed by atoms with Crippen molar-refractivity contribution in [1.82, 2.24) is 14.8 Å². The Labute approximate surface area is 180 Å². The molecule has 2 fully saturated rings. The number of hydrogen-bond acceptors (Lipinski definition) is 4. The van der Waals surface area contributed by atoms with Gasteiger partial charge in [-0.2, -0.15) is 0 Å². The normalized spacial score (nSPS) is 27.6. The Bertz CT molecular complexity index is 1210. The van der Waals surface area contributed by atoms with Gasteiger partial charge in [-0.05, 0) is 31.1 Å². The third-order valence-electron chi connectivity index (χ3n) is 7.02. The summed E-state index contributed by atoms with van der Waals surface area (Å²) >= 11 is 0. The number of aromatic nitrogens is 1. The maximum atomic E-state index is 13.8. The molecule has 0 saturated heterocycles. The number of nitrogens with one attached hydrogen (secondary N) is 1. The van der Waals surface area contributed by atoms with Crippen LogP contribution in [0.1, 0.15) is 45.8 Å². The summed E-state index contributed by atoms with van der Waals surface area (Å²) < 4.78 is 42.2. The van der Waals surface area contributed by atoms with Gasteiger partial charge < -0.3 is 19.9 Å². The average molecular weight is 447 g/mol. The van der Waals surface area contributed by atoms with Crippen LogP contribution in [0.5, 0.6) is 5.75 Å². The van der Waals surface area contributed by atoms with Crippen LogP contribution in [0.2, 0.25) is 0 Å². The molecule has 3 aliphatic rings. The number of likely N-dealkylation sites (N-methyl/N-ethyl adjacent to an activating group) is 1. The van der Waals surface area contributed by atoms with E-state index in [4.69, 9.17) is 0 Å². The molecule has 2 aromatic rings. The molecule has 2 amide bonds. The van der Waals surface area contributed by atoms with Crippen LogP contribution in [-0.2, 0) is 6.54 Å². The second kappa shape index (κ2) is 6.85. The standard InChI is InChI=1S/C22H20F3N3O4/c1-8-17(16-10-5-11(10)16)27(2)22(32)18-20(30)19(29)13(7-28(8)18)21(31)26-6-12-14(24)3-9(23)4-15(12)25/h3-4,7-8,10-11,16-17,30H,5-6H2,1-2H3,(H,26,31)/t8-,10+,11?,16?,17-/m0/s1. The first kappa shape index (κ1) is 20.6. The highest BCUT2D eigenvalue weighted by Gasteiger charge is 2.69. The summed E-state index contributed by atoms with van der Waals surface area (Å²) in [6.07, 6.45) is 2.35. The number of benzene rings is 1. The molecule has 2 N–H and O–H groups in total. The number of carbonyl (C=O) groups excluding carboxylic acids is 2. The zero-order valence-electron chi connectivity index (χ0n) is 17.2. The summed E-state index contributed by atoms with van der Waals surface area (Å²) in [5.41, 5.74) is -2.28. The number of carbonyl (C=O) groups is 2. The van der Waals surface area contributed by atoms with Gasteiger partial charge in [0.2, 0.25) is 5.43 Å². The molecule has 5 atom stereocenters. The first-order valence-corrected chi connectivity index (χ1v) is 10.3. The molecule has 2 heterocycles. The fraction of sp³-hybridized carbons (Fsp3) is 0.409. The fourth-order valence-electron chi connectivity index (χ4n) is 5.02. The molecular formula is C22H20F3N3O4. The van der Waals surface area contributed by atoms with Crippen LogP contribution >= 0.6 is 0 Å². The lowest BCUT2D eigenvalue weighted by atomic mass is 9.92. The van der Waals surface area contributed by atoms with Crippen molar-refractivity contribution in [1.29, 1.82) is 0 Å². The SMILES string of the molecule is C[C@H]1[C@@H](C2C3C[C@H]32)N(C)C(=O)c2c(O)c(=O)c(C(=O)NCc3c(F)cc(F)cc3F)cn21. The summed E-state index contributed by atoms with van der Waals surface area (Å²) in [5.74, 6) is -4.24. The predicted molar refractivity (Wildman–Crippen MR) is 106 cm³/mol. The lowest BCUT2D eigenvalue weighted by molar-refractivity contribution is 0.0526. The molecule has 5 rings (SSSR count). The Morgan fingerprint density at radius 2 is 1.81 bits per heavy atom. The van der Waals surface area contributed by atoms with E-state index in [1.165, 1.54) is 10.8 Å². The smallest absolute Gasteiger partial charge is 0.274 e. The highest BCUT2D eigenvalue weighted by atomic mass is 19.1. The molecule has 2 aliphatic carbocycles. The maximum absolute atomic E-state index is 13.8. The van der Waals surface area contributed by atoms with Crippen LogP contribution in [0, 0.1) is 35.2 Å². The van der Waals surface area contributed by atoms with Crippen LogP contribution in [0.3, 0.4) is 0 Å². The van der Waals surface area contributed by atoms with Gasteiger partial charge in [0.1, 0.15) is 23.0 Å². The maximum Gasteiger partial charge on any atom is 0.274 e. The summed E-state index contributed by atoms with van der Waals surface area (Å²) in [5, 5.41) is 12.7. The monoisotopic (exact) mass is 447 g/mol. The Morgan fingerprint density at radius 3 is 2.38 bits per heavy atom. The molecule has 1 aromatic heterocycles. The van der Waals surface area contributed by atoms with Crippen molar-refractivity contribution >= 4 is 11.8 Å². The summed E-state index contributed by atoms with van der Waals surface area (Å²) in [7, 11) is 1.64. The molecule has 168 valence electrons. The third kappa shape index (κ3) is 2.92. The lowest BCUT2D eigenvalue weighted by Crippen LogP contribution is -2.51. The summed E-state index contributed by atoms with van der Waals surface area (Å²) in [6, 6.07) is 0.544. The average Bonchev–Trinajstić information content (AvgIpc) is 3.63. The van der Waals surface area contributed by atoms with E-state index in [0.29, 0.717) is 29.9 Å². The number of hydrogen-bond donors (Lipinski definition) is 2. The first-order valence-electron chi connectivity index (χ1n) is 10.3. The highest BCUT2D eigenvalue weighted by molar-refractivity contribution is 5.99. The van der Waals surface area contributed by atoms with Gasteiger partial charge in [0.05, 0.1) is 12.1 Å². The van der Waals surface area contributed by atoms with E-state index < -0.39 is 58.1 Å². The number of aromatic hydroxyl groups is 1. The molecule has 2 unspecified atom stereocenters. The molecule has 1 aliphatic heterocycles. The molecule has 2 saturated carbocycles. The second-order valence-electron chi connectivity index (χ2n) is 8.80. The molecule has 0 bridgehead atoms. The number of pyridine rings is 1. The minimum absolute atomic E-state index is 0.126. The number of amides is 2. The molecule has 10 heteroatoms. The Balaban J connectivity index is 1.46. The third-order valence-corrected chi connectivity index (χ3v) is 7.02. The number of halogens is 3. The minimum Gasteiger partial charge on any atom is -0.503 e. The topological polar surface area (TPSA) is 91.6 Å². The van der Waals surface area contributed by atoms with E-state index in [1.807, 2.05) is 6.92 Å². The van der Waals surface area contributed by atoms with Gasteiger partial charge in [-0.15, -0.1) is 0 Å². The van der Waals surface area contributed by atoms with Crippen LogP contribution in [0.15, 0.2) is 23.1 Å². The van der Waals surface area contributed by atoms with Crippen molar-refractivity contribution in [3.63, 3.8) is 0 Å². The van der Waals surface area contributed by atoms with E-state index >= 15 is 0 Å². The van der Waals surface area contributed by atoms with Gasteiger partial charge in [-0.25, -0.2) is 13.2 Å². The van der Waals surface area contributed by atoms with Gasteiger partial charge in [0.15, 0.2) is 11.4 Å². The molecular weight excluding hydrogens is 427 g/mol. The van der Waals surface area contributed by atoms with Crippen molar-refractivity contribution < 1.29 is 27.9 Å². The zero-order chi connectivity index (χ0) is 23.1. The Hall–Kier alpha value is -3.30. The number of fused-ring (bicyclic) bond motifs is 2. The highest BCUT2D eigenvalue weighted by Crippen LogP contribution is 2.71. The van der Waals surface area contributed by atoms with Crippen LogP contribution in [0.25, 0.3) is 0 Å². The van der Waals surface area contributed by atoms with Crippen LogP contribution in [0.4, 0.5) is 13.2 Å². The molecule has 32 heavy (non-hydrogen) atoms. The van der Waals surface area contributed by atoms with E-state index in [2.05, 4.69) is 5.32 Å². The summed E-state index contributed by atoms with van der Waals surface area (Å²) in [6.45, 7) is 1.22. The van der Waals surface area contributed by atoms with Crippen molar-refractivity contribution in [3.8, 4) is 5.75 Å². The van der Waals surface area contributed by atoms with Crippen LogP contribution < -0.4 is 10.7 Å². The van der Waals surface area contributed by atoms with E-state index in [1.54, 1.807) is 11.9 Å². The molecule has 0 radical (unpaired) electrons. The van der Waals surface area contributed by atoms with E-state index in [9.17, 15) is 32.7 Å². The Morgan fingerprint density at radius 1 is 1.19 bits per heavy atom. The van der Waals surface area contributed by atoms with Crippen molar-refractivity contribution in [3.05, 3.63) is 62.8 Å². The molecule has 0 spiro atoms. The van der Waals surface area contributed by atoms with Gasteiger partial charge >= 0.3 is 0 Å². The van der Waals surface area contributed by atoms with Gasteiger partial charge in [0, 0.05) is 37.5 Å². The summed E-state index contributed by atoms with van der Waals surface area (Å²) in [4.78, 5) is 39.7. The van der Waals surface area contributed by atoms with E-state index in [0.717, 1.165) is 6.42 Å². The fourth-order valence-corrected chi connectivity index (χ4v) is 5.02. The van der Waals surface area contributed by atoms with Crippen molar-refractivity contribution in [2.75, 3.05) is 7.05 Å². The van der Waals surface area contributed by atoms with E-state index in [-0.39, 0.29) is 17.8 Å². The predicted octanol–water partition coefficient (Wildman–Crippen LogP) is 2.18. The van der Waals surface area contributed by atoms with Crippen LogP contribution in [-0.4, -0.2) is 39.5 Å². The van der Waals surface area contributed by atoms with Crippen molar-refractivity contribution in [2.45, 2.75) is 32.0 Å². The lowest BCUT2D eigenvalue weighted by Gasteiger charge is -2.41. The van der Waals surface area contributed by atoms with Gasteiger partial charge in [-0.1, -0.05) is 0 Å². The van der Waals surface area contributed by atoms with Gasteiger partial charge in [-0.3, -0.25) is 14.4 Å². The molecule has 7 nitrogen and oxygen atoms in total. The largest absolute Gasteiger partial charge is 0.503 e. The number of rotatable bonds is 4. The minimum atomic E-state index is -1.18. The quantitative estimate of drug-likeness (QED) is 0.752. The molecule has 1 aromatic carbocycles. The zero-order valence-corrected chi connectivity index (χ0v) is 17.2. The Kier molecular flexibility index (Phi) is 4.41. The first-order chi connectivity index (χ1) is 15.1. The van der Waals surface area contributed by atoms with Gasteiger partial charge in [0.25, 0.3) is 11.8 Å².